The van der Waals surface area contributed by atoms with Crippen molar-refractivity contribution in [2.24, 2.45) is 0 Å². The molecule has 0 aliphatic carbocycles. The molecule has 0 fully saturated rings. The van der Waals surface area contributed by atoms with Crippen LogP contribution in [0.15, 0.2) is 23.1 Å². The molecule has 2 heterocycles. The van der Waals surface area contributed by atoms with Crippen molar-refractivity contribution < 1.29 is 8.42 Å². The lowest BCUT2D eigenvalue weighted by Gasteiger charge is -2.22. The third-order valence-corrected chi connectivity index (χ3v) is 5.73. The molecule has 5 nitrogen and oxygen atoms in total. The number of benzene rings is 1. The molecule has 108 valence electrons. The van der Waals surface area contributed by atoms with Gasteiger partial charge in [0.15, 0.2) is 0 Å². The Labute approximate surface area is 119 Å². The number of hydrogen-bond donors (Lipinski definition) is 1. The van der Waals surface area contributed by atoms with Crippen LogP contribution in [-0.4, -0.2) is 50.3 Å². The minimum atomic E-state index is -3.38. The number of H-pyrrole nitrogens is 1. The van der Waals surface area contributed by atoms with Gasteiger partial charge in [-0.15, -0.1) is 0 Å². The molecule has 0 amide bonds. The Kier molecular flexibility index (Phi) is 3.12. The SMILES string of the molecule is CN1CCc2[nH]c3ccc(S(=O)(=O)N(C)C)cc3c2C1. The number of likely N-dealkylation sites (N-methyl/N-ethyl adjacent to an activating group) is 1. The van der Waals surface area contributed by atoms with Gasteiger partial charge in [0.25, 0.3) is 0 Å². The largest absolute Gasteiger partial charge is 0.358 e. The van der Waals surface area contributed by atoms with E-state index >= 15 is 0 Å². The van der Waals surface area contributed by atoms with Crippen LogP contribution in [0.4, 0.5) is 0 Å². The van der Waals surface area contributed by atoms with Crippen molar-refractivity contribution in [3.05, 3.63) is 29.5 Å². The van der Waals surface area contributed by atoms with E-state index < -0.39 is 10.0 Å². The summed E-state index contributed by atoms with van der Waals surface area (Å²) in [6.07, 6.45) is 0.982. The van der Waals surface area contributed by atoms with Gasteiger partial charge < -0.3 is 9.88 Å². The summed E-state index contributed by atoms with van der Waals surface area (Å²) in [7, 11) is 1.82. The summed E-state index contributed by atoms with van der Waals surface area (Å²) >= 11 is 0. The number of nitrogens with zero attached hydrogens (tertiary/aromatic N) is 2. The predicted molar refractivity (Wildman–Crippen MR) is 79.2 cm³/mol. The molecule has 3 rings (SSSR count). The van der Waals surface area contributed by atoms with Crippen LogP contribution in [0.2, 0.25) is 0 Å². The van der Waals surface area contributed by atoms with E-state index in [0.29, 0.717) is 4.90 Å². The van der Waals surface area contributed by atoms with Crippen molar-refractivity contribution in [3.63, 3.8) is 0 Å². The van der Waals surface area contributed by atoms with Gasteiger partial charge in [-0.2, -0.15) is 0 Å². The number of nitrogens with one attached hydrogen (secondary N) is 1. The molecular weight excluding hydrogens is 274 g/mol. The van der Waals surface area contributed by atoms with Crippen LogP contribution in [0, 0.1) is 0 Å². The highest BCUT2D eigenvalue weighted by Crippen LogP contribution is 2.29. The molecule has 20 heavy (non-hydrogen) atoms. The number of fused-ring (bicyclic) bond motifs is 3. The van der Waals surface area contributed by atoms with E-state index in [-0.39, 0.29) is 0 Å². The lowest BCUT2D eigenvalue weighted by atomic mass is 10.1. The average Bonchev–Trinajstić information content (AvgIpc) is 2.75. The van der Waals surface area contributed by atoms with Crippen molar-refractivity contribution in [3.8, 4) is 0 Å². The van der Waals surface area contributed by atoms with E-state index in [1.54, 1.807) is 26.2 Å². The van der Waals surface area contributed by atoms with E-state index in [0.717, 1.165) is 30.4 Å². The first kappa shape index (κ1) is 13.6. The Bertz CT molecular complexity index is 762. The average molecular weight is 293 g/mol. The highest BCUT2D eigenvalue weighted by molar-refractivity contribution is 7.89. The fourth-order valence-corrected chi connectivity index (χ4v) is 3.63. The summed E-state index contributed by atoms with van der Waals surface area (Å²) in [6.45, 7) is 1.89. The molecule has 0 unspecified atom stereocenters. The van der Waals surface area contributed by atoms with Gasteiger partial charge in [0.1, 0.15) is 0 Å². The zero-order chi connectivity index (χ0) is 14.5. The maximum Gasteiger partial charge on any atom is 0.242 e. The number of sulfonamides is 1. The highest BCUT2D eigenvalue weighted by atomic mass is 32.2. The topological polar surface area (TPSA) is 56.4 Å². The number of aromatic nitrogens is 1. The van der Waals surface area contributed by atoms with Crippen LogP contribution in [-0.2, 0) is 23.0 Å². The van der Waals surface area contributed by atoms with Gasteiger partial charge in [-0.05, 0) is 30.8 Å². The van der Waals surface area contributed by atoms with Crippen LogP contribution in [0.5, 0.6) is 0 Å². The normalized spacial score (nSPS) is 16.8. The number of hydrogen-bond acceptors (Lipinski definition) is 3. The Morgan fingerprint density at radius 1 is 1.30 bits per heavy atom. The first-order valence-electron chi connectivity index (χ1n) is 6.64. The fourth-order valence-electron chi connectivity index (χ4n) is 2.70. The van der Waals surface area contributed by atoms with Crippen molar-refractivity contribution in [1.29, 1.82) is 0 Å². The first-order valence-corrected chi connectivity index (χ1v) is 8.08. The van der Waals surface area contributed by atoms with E-state index in [4.69, 9.17) is 0 Å². The van der Waals surface area contributed by atoms with Crippen LogP contribution in [0.3, 0.4) is 0 Å². The lowest BCUT2D eigenvalue weighted by molar-refractivity contribution is 0.313. The third-order valence-electron chi connectivity index (χ3n) is 3.92. The fraction of sp³-hybridized carbons (Fsp3) is 0.429. The second kappa shape index (κ2) is 4.58. The predicted octanol–water partition coefficient (Wildman–Crippen LogP) is 1.41. The molecule has 0 radical (unpaired) electrons. The molecule has 1 aliphatic heterocycles. The molecule has 0 saturated carbocycles. The summed E-state index contributed by atoms with van der Waals surface area (Å²) in [5, 5.41) is 1.02. The summed E-state index contributed by atoms with van der Waals surface area (Å²) in [4.78, 5) is 6.01. The molecule has 6 heteroatoms. The standard InChI is InChI=1S/C14H19N3O2S/c1-16(2)20(18,19)10-4-5-13-11(8-10)12-9-17(3)7-6-14(12)15-13/h4-5,8,15H,6-7,9H2,1-3H3. The molecule has 0 saturated heterocycles. The molecule has 2 aromatic rings. The molecule has 1 N–H and O–H groups in total. The van der Waals surface area contributed by atoms with Crippen molar-refractivity contribution >= 4 is 20.9 Å². The van der Waals surface area contributed by atoms with Crippen molar-refractivity contribution in [1.82, 2.24) is 14.2 Å². The number of aromatic amines is 1. The van der Waals surface area contributed by atoms with Gasteiger partial charge in [0.2, 0.25) is 10.0 Å². The van der Waals surface area contributed by atoms with Gasteiger partial charge >= 0.3 is 0 Å². The van der Waals surface area contributed by atoms with E-state index in [9.17, 15) is 8.42 Å². The summed E-state index contributed by atoms with van der Waals surface area (Å²) in [6, 6.07) is 5.33. The minimum Gasteiger partial charge on any atom is -0.358 e. The molecule has 0 spiro atoms. The van der Waals surface area contributed by atoms with Gasteiger partial charge in [-0.25, -0.2) is 12.7 Å². The third kappa shape index (κ3) is 2.04. The zero-order valence-corrected chi connectivity index (χ0v) is 12.8. The maximum atomic E-state index is 12.2. The zero-order valence-electron chi connectivity index (χ0n) is 12.0. The van der Waals surface area contributed by atoms with Crippen LogP contribution < -0.4 is 0 Å². The summed E-state index contributed by atoms with van der Waals surface area (Å²) < 4.78 is 25.7. The smallest absolute Gasteiger partial charge is 0.242 e. The maximum absolute atomic E-state index is 12.2. The second-order valence-corrected chi connectivity index (χ2v) is 7.72. The Hall–Kier alpha value is -1.37. The Balaban J connectivity index is 2.19. The van der Waals surface area contributed by atoms with E-state index in [1.807, 2.05) is 6.07 Å². The molecule has 1 aromatic heterocycles. The highest BCUT2D eigenvalue weighted by Gasteiger charge is 2.22. The molecular formula is C14H19N3O2S. The molecule has 0 bridgehead atoms. The van der Waals surface area contributed by atoms with Crippen LogP contribution in [0.25, 0.3) is 10.9 Å². The Morgan fingerprint density at radius 3 is 2.75 bits per heavy atom. The summed E-state index contributed by atoms with van der Waals surface area (Å²) in [5.41, 5.74) is 3.48. The van der Waals surface area contributed by atoms with E-state index in [1.165, 1.54) is 15.6 Å². The molecule has 1 aromatic carbocycles. The van der Waals surface area contributed by atoms with Gasteiger partial charge in [-0.3, -0.25) is 0 Å². The Morgan fingerprint density at radius 2 is 2.05 bits per heavy atom. The van der Waals surface area contributed by atoms with Crippen LogP contribution in [0.1, 0.15) is 11.3 Å². The second-order valence-electron chi connectivity index (χ2n) is 5.56. The quantitative estimate of drug-likeness (QED) is 0.911. The number of rotatable bonds is 2. The van der Waals surface area contributed by atoms with Gasteiger partial charge in [0, 0.05) is 50.2 Å². The first-order chi connectivity index (χ1) is 9.39. The van der Waals surface area contributed by atoms with Gasteiger partial charge in [-0.1, -0.05) is 0 Å². The van der Waals surface area contributed by atoms with E-state index in [2.05, 4.69) is 16.9 Å². The minimum absolute atomic E-state index is 0.352. The lowest BCUT2D eigenvalue weighted by Crippen LogP contribution is -2.26. The monoisotopic (exact) mass is 293 g/mol. The van der Waals surface area contributed by atoms with Crippen molar-refractivity contribution in [2.45, 2.75) is 17.9 Å². The van der Waals surface area contributed by atoms with Gasteiger partial charge in [0.05, 0.1) is 4.90 Å². The molecule has 0 atom stereocenters. The summed E-state index contributed by atoms with van der Waals surface area (Å²) in [5.74, 6) is 0. The molecule has 1 aliphatic rings. The van der Waals surface area contributed by atoms with Crippen LogP contribution >= 0.6 is 0 Å². The van der Waals surface area contributed by atoms with Crippen molar-refractivity contribution in [2.75, 3.05) is 27.7 Å².